The number of carbonyl (C=O) groups is 1. The number of rotatable bonds is 3. The number of carboxylic acids is 1. The van der Waals surface area contributed by atoms with Gasteiger partial charge in [-0.2, -0.15) is 0 Å². The Kier molecular flexibility index (Phi) is 3.12. The molecular weight excluding hydrogens is 274 g/mol. The molecule has 0 radical (unpaired) electrons. The zero-order valence-corrected chi connectivity index (χ0v) is 11.5. The van der Waals surface area contributed by atoms with Gasteiger partial charge in [0.05, 0.1) is 23.2 Å². The van der Waals surface area contributed by atoms with Gasteiger partial charge in [0.25, 0.3) is 0 Å². The summed E-state index contributed by atoms with van der Waals surface area (Å²) in [5, 5.41) is 9.92. The minimum absolute atomic E-state index is 0.187. The minimum atomic E-state index is -0.970. The van der Waals surface area contributed by atoms with Crippen molar-refractivity contribution in [3.05, 3.63) is 48.2 Å². The number of hydrogen-bond donors (Lipinski definition) is 1. The van der Waals surface area contributed by atoms with Crippen LogP contribution >= 0.6 is 11.3 Å². The van der Waals surface area contributed by atoms with Crippen molar-refractivity contribution in [2.45, 2.75) is 0 Å². The van der Waals surface area contributed by atoms with E-state index in [1.807, 2.05) is 24.3 Å². The molecule has 2 aromatic heterocycles. The Hall–Kier alpha value is -2.40. The molecule has 0 amide bonds. The van der Waals surface area contributed by atoms with Gasteiger partial charge in [-0.1, -0.05) is 6.07 Å². The summed E-state index contributed by atoms with van der Waals surface area (Å²) in [6, 6.07) is 11.2. The van der Waals surface area contributed by atoms with E-state index in [0.29, 0.717) is 0 Å². The van der Waals surface area contributed by atoms with Gasteiger partial charge in [-0.15, -0.1) is 11.3 Å². The van der Waals surface area contributed by atoms with E-state index in [1.165, 1.54) is 6.20 Å². The summed E-state index contributed by atoms with van der Waals surface area (Å²) in [5.74, 6) is -0.144. The van der Waals surface area contributed by atoms with Crippen LogP contribution in [0, 0.1) is 0 Å². The Morgan fingerprint density at radius 3 is 2.80 bits per heavy atom. The van der Waals surface area contributed by atoms with Gasteiger partial charge in [-0.3, -0.25) is 4.98 Å². The van der Waals surface area contributed by atoms with Gasteiger partial charge in [-0.05, 0) is 30.3 Å². The zero-order valence-electron chi connectivity index (χ0n) is 10.7. The lowest BCUT2D eigenvalue weighted by molar-refractivity contribution is 0.0696. The van der Waals surface area contributed by atoms with Crippen LogP contribution in [0.2, 0.25) is 0 Å². The van der Waals surface area contributed by atoms with Crippen LogP contribution in [-0.4, -0.2) is 23.2 Å². The third-order valence-electron chi connectivity index (χ3n) is 3.00. The normalized spacial score (nSPS) is 10.7. The van der Waals surface area contributed by atoms with Crippen LogP contribution in [0.25, 0.3) is 20.7 Å². The van der Waals surface area contributed by atoms with Crippen LogP contribution in [0.4, 0.5) is 0 Å². The molecule has 3 rings (SSSR count). The Bertz CT molecular complexity index is 777. The zero-order chi connectivity index (χ0) is 14.1. The Balaban J connectivity index is 2.08. The molecule has 20 heavy (non-hydrogen) atoms. The van der Waals surface area contributed by atoms with Gasteiger partial charge >= 0.3 is 5.97 Å². The molecule has 5 heteroatoms. The Morgan fingerprint density at radius 1 is 1.30 bits per heavy atom. The molecule has 1 aromatic carbocycles. The molecule has 0 atom stereocenters. The smallest absolute Gasteiger partial charge is 0.337 e. The summed E-state index contributed by atoms with van der Waals surface area (Å²) in [4.78, 5) is 16.0. The van der Waals surface area contributed by atoms with Gasteiger partial charge in [0.15, 0.2) is 0 Å². The molecule has 0 spiro atoms. The molecule has 4 nitrogen and oxygen atoms in total. The van der Waals surface area contributed by atoms with Crippen LogP contribution in [0.5, 0.6) is 5.75 Å². The number of thiophene rings is 1. The van der Waals surface area contributed by atoms with E-state index >= 15 is 0 Å². The number of nitrogens with zero attached hydrogens (tertiary/aromatic N) is 1. The lowest BCUT2D eigenvalue weighted by Crippen LogP contribution is -1.96. The summed E-state index contributed by atoms with van der Waals surface area (Å²) in [5.41, 5.74) is 0.950. The van der Waals surface area contributed by atoms with Crippen LogP contribution in [-0.2, 0) is 0 Å². The molecule has 0 saturated heterocycles. The number of pyridine rings is 1. The molecular formula is C15H11NO3S. The van der Waals surface area contributed by atoms with Crippen molar-refractivity contribution in [3.8, 4) is 16.3 Å². The fraction of sp³-hybridized carbons (Fsp3) is 0.0667. The maximum atomic E-state index is 10.8. The largest absolute Gasteiger partial charge is 0.496 e. The summed E-state index contributed by atoms with van der Waals surface area (Å²) in [7, 11) is 1.64. The van der Waals surface area contributed by atoms with E-state index < -0.39 is 5.97 Å². The highest BCUT2D eigenvalue weighted by Crippen LogP contribution is 2.37. The number of aromatic carboxylic acids is 1. The predicted octanol–water partition coefficient (Wildman–Crippen LogP) is 3.67. The third kappa shape index (κ3) is 2.12. The Labute approximate surface area is 119 Å². The predicted molar refractivity (Wildman–Crippen MR) is 78.6 cm³/mol. The van der Waals surface area contributed by atoms with Crippen LogP contribution in [0.3, 0.4) is 0 Å². The van der Waals surface area contributed by atoms with Crippen molar-refractivity contribution >= 4 is 27.4 Å². The topological polar surface area (TPSA) is 59.4 Å². The molecule has 0 aliphatic carbocycles. The first kappa shape index (κ1) is 12.6. The number of carboxylic acid groups (broad SMARTS) is 1. The summed E-state index contributed by atoms with van der Waals surface area (Å²) < 4.78 is 6.45. The molecule has 0 bridgehead atoms. The van der Waals surface area contributed by atoms with E-state index in [4.69, 9.17) is 9.84 Å². The number of fused-ring (bicyclic) bond motifs is 1. The van der Waals surface area contributed by atoms with Gasteiger partial charge in [0.2, 0.25) is 0 Å². The second-order valence-corrected chi connectivity index (χ2v) is 5.30. The van der Waals surface area contributed by atoms with E-state index in [1.54, 1.807) is 30.6 Å². The van der Waals surface area contributed by atoms with Gasteiger partial charge < -0.3 is 9.84 Å². The first-order valence-corrected chi connectivity index (χ1v) is 6.77. The van der Waals surface area contributed by atoms with Crippen molar-refractivity contribution in [1.29, 1.82) is 0 Å². The second-order valence-electron chi connectivity index (χ2n) is 4.22. The van der Waals surface area contributed by atoms with Crippen molar-refractivity contribution in [2.75, 3.05) is 7.11 Å². The monoisotopic (exact) mass is 285 g/mol. The molecule has 0 saturated carbocycles. The summed E-state index contributed by atoms with van der Waals surface area (Å²) in [6.07, 6.45) is 1.37. The number of aromatic nitrogens is 1. The fourth-order valence-electron chi connectivity index (χ4n) is 2.00. The third-order valence-corrected chi connectivity index (χ3v) is 4.13. The molecule has 0 aliphatic heterocycles. The van der Waals surface area contributed by atoms with Crippen LogP contribution in [0.1, 0.15) is 10.4 Å². The highest BCUT2D eigenvalue weighted by atomic mass is 32.1. The molecule has 0 fully saturated rings. The van der Waals surface area contributed by atoms with Crippen molar-refractivity contribution < 1.29 is 14.6 Å². The molecule has 2 heterocycles. The molecule has 3 aromatic rings. The minimum Gasteiger partial charge on any atom is -0.496 e. The van der Waals surface area contributed by atoms with Crippen LogP contribution < -0.4 is 4.74 Å². The van der Waals surface area contributed by atoms with E-state index in [0.717, 1.165) is 26.4 Å². The summed E-state index contributed by atoms with van der Waals surface area (Å²) >= 11 is 1.60. The maximum Gasteiger partial charge on any atom is 0.337 e. The van der Waals surface area contributed by atoms with Crippen molar-refractivity contribution in [3.63, 3.8) is 0 Å². The van der Waals surface area contributed by atoms with E-state index in [9.17, 15) is 4.79 Å². The van der Waals surface area contributed by atoms with E-state index in [-0.39, 0.29) is 5.56 Å². The molecule has 1 N–H and O–H groups in total. The quantitative estimate of drug-likeness (QED) is 0.797. The number of ether oxygens (including phenoxy) is 1. The lowest BCUT2D eigenvalue weighted by Gasteiger charge is -1.99. The maximum absolute atomic E-state index is 10.8. The molecule has 0 aliphatic rings. The second kappa shape index (κ2) is 4.94. The molecule has 0 unspecified atom stereocenters. The highest BCUT2D eigenvalue weighted by molar-refractivity contribution is 7.22. The Morgan fingerprint density at radius 2 is 2.15 bits per heavy atom. The van der Waals surface area contributed by atoms with Crippen molar-refractivity contribution in [2.24, 2.45) is 0 Å². The average Bonchev–Trinajstić information content (AvgIpc) is 2.91. The van der Waals surface area contributed by atoms with Crippen LogP contribution in [0.15, 0.2) is 42.6 Å². The number of hydrogen-bond acceptors (Lipinski definition) is 4. The average molecular weight is 285 g/mol. The first-order chi connectivity index (χ1) is 9.69. The first-order valence-electron chi connectivity index (χ1n) is 5.95. The SMILES string of the molecule is COc1cccc2sc(-c3ccc(C(=O)O)cn3)cc12. The standard InChI is InChI=1S/C15H11NO3S/c1-19-12-3-2-4-13-10(12)7-14(20-13)11-6-5-9(8-16-11)15(17)18/h2-8H,1H3,(H,17,18). The van der Waals surface area contributed by atoms with Gasteiger partial charge in [0.1, 0.15) is 5.75 Å². The van der Waals surface area contributed by atoms with Crippen molar-refractivity contribution in [1.82, 2.24) is 4.98 Å². The highest BCUT2D eigenvalue weighted by Gasteiger charge is 2.10. The van der Waals surface area contributed by atoms with E-state index in [2.05, 4.69) is 4.98 Å². The van der Waals surface area contributed by atoms with Gasteiger partial charge in [-0.25, -0.2) is 4.79 Å². The lowest BCUT2D eigenvalue weighted by atomic mass is 10.2. The number of benzene rings is 1. The molecule has 100 valence electrons. The van der Waals surface area contributed by atoms with Gasteiger partial charge in [0, 0.05) is 16.3 Å². The summed E-state index contributed by atoms with van der Waals surface area (Å²) in [6.45, 7) is 0. The number of methoxy groups -OCH3 is 1. The fourth-order valence-corrected chi connectivity index (χ4v) is 3.06.